The topological polar surface area (TPSA) is 221 Å². The second-order valence-corrected chi connectivity index (χ2v) is 14.0. The van der Waals surface area contributed by atoms with Crippen LogP contribution >= 0.6 is 7.82 Å². The third kappa shape index (κ3) is 59.9. The van der Waals surface area contributed by atoms with Crippen molar-refractivity contribution >= 4 is 7.82 Å². The Morgan fingerprint density at radius 3 is 0.660 bits per heavy atom. The maximum absolute atomic E-state index is 8.83. The first-order valence-corrected chi connectivity index (χ1v) is 21.4. The summed E-state index contributed by atoms with van der Waals surface area (Å²) in [4.78, 5) is 29.6. The van der Waals surface area contributed by atoms with Crippen LogP contribution in [0.25, 0.3) is 0 Å². The van der Waals surface area contributed by atoms with Gasteiger partial charge in [0.25, 0.3) is 0 Å². The van der Waals surface area contributed by atoms with Crippen molar-refractivity contribution in [3.63, 3.8) is 0 Å². The number of hydrogen-bond donors (Lipinski definition) is 9. The van der Waals surface area contributed by atoms with Crippen molar-refractivity contribution in [1.82, 2.24) is 0 Å². The maximum Gasteiger partial charge on any atom is 0.101 e. The normalized spacial score (nSPS) is 11.3. The molecule has 13 nitrogen and oxygen atoms in total. The highest BCUT2D eigenvalue weighted by Gasteiger charge is 2.07. The van der Waals surface area contributed by atoms with Crippen molar-refractivity contribution < 1.29 is 64.6 Å². The first-order chi connectivity index (χ1) is 24.0. The quantitative estimate of drug-likeness (QED) is 0.0261. The molecule has 0 saturated heterocycles. The number of hydrogen-bond acceptors (Lipinski definition) is 10. The van der Waals surface area contributed by atoms with Crippen molar-refractivity contribution in [3.05, 3.63) is 0 Å². The van der Waals surface area contributed by atoms with Crippen molar-refractivity contribution in [1.29, 1.82) is 0 Å². The largest absolute Gasteiger partial charge is 0.822 e. The maximum atomic E-state index is 8.83. The van der Waals surface area contributed by atoms with Crippen LogP contribution in [0.3, 0.4) is 0 Å². The van der Waals surface area contributed by atoms with Crippen LogP contribution in [0.1, 0.15) is 136 Å². The zero-order valence-electron chi connectivity index (χ0n) is 32.6. The van der Waals surface area contributed by atoms with Gasteiger partial charge in [0, 0.05) is 0 Å². The lowest BCUT2D eigenvalue weighted by Gasteiger charge is -2.36. The van der Waals surface area contributed by atoms with Gasteiger partial charge >= 0.3 is 0 Å². The molecule has 0 unspecified atom stereocenters. The number of unbranched alkanes of at least 4 members (excludes halogenated alkanes) is 15. The highest BCUT2D eigenvalue weighted by atomic mass is 31.2. The summed E-state index contributed by atoms with van der Waals surface area (Å²) in [5.41, 5.74) is 0. The summed E-state index contributed by atoms with van der Waals surface area (Å²) < 4.78 is 8.55. The fraction of sp³-hybridized carbons (Fsp3) is 1.00. The predicted octanol–water partition coefficient (Wildman–Crippen LogP) is -2.18. The molecule has 0 aromatic rings. The van der Waals surface area contributed by atoms with Crippen LogP contribution in [0.2, 0.25) is 0 Å². The van der Waals surface area contributed by atoms with Gasteiger partial charge in [-0.3, -0.25) is 0 Å². The van der Waals surface area contributed by atoms with Crippen LogP contribution in [-0.2, 0) is 4.57 Å². The summed E-state index contributed by atoms with van der Waals surface area (Å²) in [5.74, 6) is 0. The van der Waals surface area contributed by atoms with E-state index in [0.29, 0.717) is 0 Å². The SMILES string of the molecule is CCCCCCCC[NH+](CCO)CCO.CCCCCCCC[NH+](CCO)CCO.CCCCCCCC[NH+](CCO)CCO.O=P([O-])([O-])[O-]. The highest BCUT2D eigenvalue weighted by Crippen LogP contribution is 2.05. The molecule has 0 aromatic carbocycles. The molecular weight excluding hydrogens is 665 g/mol. The molecule has 0 atom stereocenters. The zero-order chi connectivity index (χ0) is 38.6. The Bertz CT molecular complexity index is 546. The van der Waals surface area contributed by atoms with Gasteiger partial charge in [0.2, 0.25) is 0 Å². The minimum atomic E-state index is -5.39. The van der Waals surface area contributed by atoms with Gasteiger partial charge in [-0.15, -0.1) is 0 Å². The molecule has 308 valence electrons. The second-order valence-electron chi connectivity index (χ2n) is 13.1. The molecule has 0 spiro atoms. The average molecular weight is 750 g/mol. The highest BCUT2D eigenvalue weighted by molar-refractivity contribution is 7.40. The Balaban J connectivity index is -0.000000296. The van der Waals surface area contributed by atoms with Crippen LogP contribution in [0.15, 0.2) is 0 Å². The molecule has 0 bridgehead atoms. The molecule has 0 aliphatic rings. The third-order valence-electron chi connectivity index (χ3n) is 8.44. The zero-order valence-corrected chi connectivity index (χ0v) is 33.5. The minimum absolute atomic E-state index is 0.227. The lowest BCUT2D eigenvalue weighted by Crippen LogP contribution is -3.13. The summed E-state index contributed by atoms with van der Waals surface area (Å²) in [6, 6.07) is 0. The van der Waals surface area contributed by atoms with E-state index in [1.165, 1.54) is 130 Å². The van der Waals surface area contributed by atoms with E-state index >= 15 is 0 Å². The van der Waals surface area contributed by atoms with Gasteiger partial charge in [-0.25, -0.2) is 0 Å². The van der Waals surface area contributed by atoms with Crippen LogP contribution in [0, 0.1) is 0 Å². The number of rotatable bonds is 33. The fourth-order valence-corrected chi connectivity index (χ4v) is 5.54. The molecule has 0 heterocycles. The molecule has 50 heavy (non-hydrogen) atoms. The summed E-state index contributed by atoms with van der Waals surface area (Å²) in [5, 5.41) is 53.0. The van der Waals surface area contributed by atoms with E-state index in [-0.39, 0.29) is 39.6 Å². The van der Waals surface area contributed by atoms with Gasteiger partial charge < -0.3 is 64.6 Å². The number of phosphoric acid groups is 1. The monoisotopic (exact) mass is 750 g/mol. The molecule has 0 amide bonds. The molecule has 0 aliphatic carbocycles. The first kappa shape index (κ1) is 56.5. The lowest BCUT2D eigenvalue weighted by molar-refractivity contribution is -0.901. The third-order valence-corrected chi connectivity index (χ3v) is 8.44. The first-order valence-electron chi connectivity index (χ1n) is 19.9. The van der Waals surface area contributed by atoms with Crippen LogP contribution in [0.4, 0.5) is 0 Å². The molecule has 0 saturated carbocycles. The van der Waals surface area contributed by atoms with E-state index in [2.05, 4.69) is 20.8 Å². The molecule has 0 rings (SSSR count). The molecular formula is C36H84N3O10P. The Kier molecular flexibility index (Phi) is 55.1. The molecule has 0 aromatic heterocycles. The summed E-state index contributed by atoms with van der Waals surface area (Å²) in [7, 11) is -5.39. The molecule has 0 aliphatic heterocycles. The van der Waals surface area contributed by atoms with Crippen molar-refractivity contribution in [3.8, 4) is 0 Å². The number of aliphatic hydroxyl groups excluding tert-OH is 6. The molecule has 0 radical (unpaired) electrons. The molecule has 0 fully saturated rings. The minimum Gasteiger partial charge on any atom is -0.822 e. The van der Waals surface area contributed by atoms with Gasteiger partial charge in [-0.05, 0) is 38.5 Å². The number of nitrogens with one attached hydrogen (secondary N) is 3. The number of quaternary nitrogens is 3. The van der Waals surface area contributed by atoms with E-state index < -0.39 is 7.82 Å². The fourth-order valence-electron chi connectivity index (χ4n) is 5.54. The van der Waals surface area contributed by atoms with Gasteiger partial charge in [0.05, 0.1) is 59.3 Å². The summed E-state index contributed by atoms with van der Waals surface area (Å²) in [6.07, 6.45) is 23.5. The van der Waals surface area contributed by atoms with Crippen LogP contribution in [0.5, 0.6) is 0 Å². The Labute approximate surface area is 307 Å². The Morgan fingerprint density at radius 2 is 0.500 bits per heavy atom. The van der Waals surface area contributed by atoms with Gasteiger partial charge in [0.1, 0.15) is 39.3 Å². The van der Waals surface area contributed by atoms with Gasteiger partial charge in [0.15, 0.2) is 0 Å². The average Bonchev–Trinajstić information content (AvgIpc) is 3.06. The second kappa shape index (κ2) is 48.8. The molecule has 14 heteroatoms. The van der Waals surface area contributed by atoms with Gasteiger partial charge in [-0.1, -0.05) is 97.8 Å². The smallest absolute Gasteiger partial charge is 0.101 e. The predicted molar refractivity (Wildman–Crippen MR) is 197 cm³/mol. The van der Waals surface area contributed by atoms with E-state index in [1.54, 1.807) is 0 Å². The Morgan fingerprint density at radius 1 is 0.340 bits per heavy atom. The van der Waals surface area contributed by atoms with Crippen LogP contribution < -0.4 is 29.4 Å². The summed E-state index contributed by atoms with van der Waals surface area (Å²) in [6.45, 7) is 16.0. The van der Waals surface area contributed by atoms with Crippen LogP contribution in [-0.4, -0.2) is 129 Å². The van der Waals surface area contributed by atoms with E-state index in [4.69, 9.17) is 49.9 Å². The summed E-state index contributed by atoms with van der Waals surface area (Å²) >= 11 is 0. The van der Waals surface area contributed by atoms with E-state index in [1.807, 2.05) is 0 Å². The van der Waals surface area contributed by atoms with Gasteiger partial charge in [-0.2, -0.15) is 7.82 Å². The standard InChI is InChI=1S/3C12H27NO2.H3O4P/c3*1-2-3-4-5-6-7-8-13(9-11-14)10-12-15;1-5(2,3)4/h3*14-15H,2-12H2,1H3;(H3,1,2,3,4). The van der Waals surface area contributed by atoms with Crippen molar-refractivity contribution in [2.75, 3.05) is 98.5 Å². The van der Waals surface area contributed by atoms with Crippen molar-refractivity contribution in [2.24, 2.45) is 0 Å². The number of aliphatic hydroxyl groups is 6. The van der Waals surface area contributed by atoms with Crippen molar-refractivity contribution in [2.45, 2.75) is 136 Å². The Hall–Kier alpha value is -0.250. The lowest BCUT2D eigenvalue weighted by atomic mass is 10.1. The molecule has 9 N–H and O–H groups in total. The van der Waals surface area contributed by atoms with E-state index in [9.17, 15) is 0 Å². The van der Waals surface area contributed by atoms with E-state index in [0.717, 1.165) is 58.9 Å².